The van der Waals surface area contributed by atoms with Gasteiger partial charge in [-0.1, -0.05) is 0 Å². The van der Waals surface area contributed by atoms with Gasteiger partial charge in [0.1, 0.15) is 5.78 Å². The molecule has 0 rings (SSSR count). The molecule has 4 heteroatoms. The van der Waals surface area contributed by atoms with Crippen molar-refractivity contribution < 1.29 is 9.53 Å². The zero-order valence-corrected chi connectivity index (χ0v) is 9.82. The Morgan fingerprint density at radius 2 is 2.20 bits per heavy atom. The first kappa shape index (κ1) is 14.1. The minimum absolute atomic E-state index is 0.182. The van der Waals surface area contributed by atoms with Crippen molar-refractivity contribution in [1.82, 2.24) is 4.90 Å². The minimum Gasteiger partial charge on any atom is -0.383 e. The van der Waals surface area contributed by atoms with Crippen LogP contribution < -0.4 is 0 Å². The summed E-state index contributed by atoms with van der Waals surface area (Å²) in [6, 6.07) is 2.30. The smallest absolute Gasteiger partial charge is 0.131 e. The van der Waals surface area contributed by atoms with E-state index in [0.717, 1.165) is 6.54 Å². The van der Waals surface area contributed by atoms with Gasteiger partial charge in [0.15, 0.2) is 0 Å². The van der Waals surface area contributed by atoms with E-state index < -0.39 is 0 Å². The second-order valence-corrected chi connectivity index (χ2v) is 3.69. The molecule has 86 valence electrons. The van der Waals surface area contributed by atoms with Crippen LogP contribution in [0.2, 0.25) is 0 Å². The van der Waals surface area contributed by atoms with Crippen LogP contribution in [0.5, 0.6) is 0 Å². The van der Waals surface area contributed by atoms with E-state index in [9.17, 15) is 4.79 Å². The molecular weight excluding hydrogens is 192 g/mol. The number of methoxy groups -OCH3 is 1. The Kier molecular flexibility index (Phi) is 7.88. The van der Waals surface area contributed by atoms with E-state index in [1.807, 2.05) is 6.92 Å². The average Bonchev–Trinajstić information content (AvgIpc) is 2.17. The second kappa shape index (κ2) is 8.39. The minimum atomic E-state index is 0.182. The van der Waals surface area contributed by atoms with E-state index in [1.54, 1.807) is 14.0 Å². The number of ketones is 1. The van der Waals surface area contributed by atoms with Crippen LogP contribution in [-0.4, -0.2) is 43.5 Å². The molecule has 0 aliphatic heterocycles. The number of hydrogen-bond donors (Lipinski definition) is 0. The second-order valence-electron chi connectivity index (χ2n) is 3.69. The molecule has 0 fully saturated rings. The largest absolute Gasteiger partial charge is 0.383 e. The van der Waals surface area contributed by atoms with Crippen LogP contribution in [0.1, 0.15) is 26.7 Å². The maximum atomic E-state index is 11.0. The highest BCUT2D eigenvalue weighted by molar-refractivity contribution is 5.76. The van der Waals surface area contributed by atoms with Crippen LogP contribution in [0.3, 0.4) is 0 Å². The summed E-state index contributed by atoms with van der Waals surface area (Å²) in [4.78, 5) is 13.1. The summed E-state index contributed by atoms with van der Waals surface area (Å²) in [7, 11) is 1.65. The summed E-state index contributed by atoms with van der Waals surface area (Å²) >= 11 is 0. The zero-order chi connectivity index (χ0) is 11.7. The van der Waals surface area contributed by atoms with Gasteiger partial charge in [-0.05, 0) is 13.8 Å². The first-order valence-corrected chi connectivity index (χ1v) is 5.21. The lowest BCUT2D eigenvalue weighted by molar-refractivity contribution is -0.118. The van der Waals surface area contributed by atoms with Gasteiger partial charge in [-0.15, -0.1) is 0 Å². The third-order valence-electron chi connectivity index (χ3n) is 2.30. The van der Waals surface area contributed by atoms with Gasteiger partial charge in [-0.25, -0.2) is 0 Å². The van der Waals surface area contributed by atoms with Gasteiger partial charge in [0.2, 0.25) is 0 Å². The quantitative estimate of drug-likeness (QED) is 0.607. The monoisotopic (exact) mass is 212 g/mol. The number of carbonyl (C=O) groups excluding carboxylic acids is 1. The van der Waals surface area contributed by atoms with Crippen LogP contribution >= 0.6 is 0 Å². The van der Waals surface area contributed by atoms with Gasteiger partial charge in [0.25, 0.3) is 0 Å². The summed E-state index contributed by atoms with van der Waals surface area (Å²) in [5, 5.41) is 8.53. The fraction of sp³-hybridized carbons (Fsp3) is 0.818. The number of nitrogens with zero attached hydrogens (tertiary/aromatic N) is 2. The van der Waals surface area contributed by atoms with Crippen molar-refractivity contribution in [2.24, 2.45) is 0 Å². The summed E-state index contributed by atoms with van der Waals surface area (Å²) in [5.74, 6) is 0.182. The van der Waals surface area contributed by atoms with Gasteiger partial charge in [-0.3, -0.25) is 9.69 Å². The van der Waals surface area contributed by atoms with Crippen LogP contribution in [0.15, 0.2) is 0 Å². The normalized spacial score (nSPS) is 12.5. The molecule has 0 aromatic rings. The van der Waals surface area contributed by atoms with Crippen molar-refractivity contribution in [3.05, 3.63) is 0 Å². The highest BCUT2D eigenvalue weighted by Crippen LogP contribution is 2.05. The molecule has 4 nitrogen and oxygen atoms in total. The van der Waals surface area contributed by atoms with E-state index in [2.05, 4.69) is 11.0 Å². The van der Waals surface area contributed by atoms with Gasteiger partial charge in [-0.2, -0.15) is 5.26 Å². The number of ether oxygens (including phenoxy) is 1. The Morgan fingerprint density at radius 1 is 1.53 bits per heavy atom. The highest BCUT2D eigenvalue weighted by atomic mass is 16.5. The molecule has 0 bridgehead atoms. The molecule has 0 aliphatic rings. The SMILES string of the molecule is COCCN(CCC#N)C(C)CC(C)=O. The zero-order valence-electron chi connectivity index (χ0n) is 9.82. The van der Waals surface area contributed by atoms with Crippen molar-refractivity contribution in [1.29, 1.82) is 5.26 Å². The first-order chi connectivity index (χ1) is 7.11. The molecule has 0 radical (unpaired) electrons. The van der Waals surface area contributed by atoms with Crippen molar-refractivity contribution in [3.63, 3.8) is 0 Å². The number of hydrogen-bond acceptors (Lipinski definition) is 4. The Labute approximate surface area is 91.8 Å². The van der Waals surface area contributed by atoms with Crippen molar-refractivity contribution in [2.45, 2.75) is 32.7 Å². The van der Waals surface area contributed by atoms with E-state index >= 15 is 0 Å². The lowest BCUT2D eigenvalue weighted by Crippen LogP contribution is -2.37. The van der Waals surface area contributed by atoms with Gasteiger partial charge < -0.3 is 4.74 Å². The molecule has 0 saturated carbocycles. The van der Waals surface area contributed by atoms with Gasteiger partial charge in [0, 0.05) is 39.1 Å². The predicted octanol–water partition coefficient (Wildman–Crippen LogP) is 1.22. The standard InChI is InChI=1S/C11H20N2O2/c1-10(9-11(2)14)13(6-4-5-12)7-8-15-3/h10H,4,6-9H2,1-3H3. The lowest BCUT2D eigenvalue weighted by atomic mass is 10.1. The first-order valence-electron chi connectivity index (χ1n) is 5.21. The third kappa shape index (κ3) is 7.06. The van der Waals surface area contributed by atoms with Crippen LogP contribution in [0, 0.1) is 11.3 Å². The molecule has 0 aliphatic carbocycles. The van der Waals surface area contributed by atoms with Crippen LogP contribution in [0.4, 0.5) is 0 Å². The Balaban J connectivity index is 4.07. The lowest BCUT2D eigenvalue weighted by Gasteiger charge is -2.27. The van der Waals surface area contributed by atoms with Crippen molar-refractivity contribution >= 4 is 5.78 Å². The molecule has 0 saturated heterocycles. The highest BCUT2D eigenvalue weighted by Gasteiger charge is 2.14. The molecule has 15 heavy (non-hydrogen) atoms. The molecule has 0 amide bonds. The average molecular weight is 212 g/mol. The third-order valence-corrected chi connectivity index (χ3v) is 2.30. The maximum Gasteiger partial charge on any atom is 0.131 e. The van der Waals surface area contributed by atoms with E-state index in [0.29, 0.717) is 26.0 Å². The van der Waals surface area contributed by atoms with E-state index in [1.165, 1.54) is 0 Å². The number of carbonyl (C=O) groups is 1. The summed E-state index contributed by atoms with van der Waals surface area (Å²) in [6.07, 6.45) is 1.03. The Morgan fingerprint density at radius 3 is 2.67 bits per heavy atom. The maximum absolute atomic E-state index is 11.0. The van der Waals surface area contributed by atoms with E-state index in [-0.39, 0.29) is 11.8 Å². The van der Waals surface area contributed by atoms with Gasteiger partial charge >= 0.3 is 0 Å². The Hall–Kier alpha value is -0.920. The summed E-state index contributed by atoms with van der Waals surface area (Å²) in [5.41, 5.74) is 0. The molecule has 0 aromatic heterocycles. The number of Topliss-reactive ketones (excluding diaryl/α,β-unsaturated/α-hetero) is 1. The number of nitriles is 1. The molecule has 1 unspecified atom stereocenters. The molecule has 0 heterocycles. The molecule has 1 atom stereocenters. The number of rotatable bonds is 8. The summed E-state index contributed by atoms with van der Waals surface area (Å²) < 4.78 is 5.00. The molecular formula is C11H20N2O2. The molecule has 0 spiro atoms. The molecule has 0 aromatic carbocycles. The fourth-order valence-corrected chi connectivity index (χ4v) is 1.50. The van der Waals surface area contributed by atoms with Gasteiger partial charge in [0.05, 0.1) is 12.7 Å². The van der Waals surface area contributed by atoms with Crippen LogP contribution in [-0.2, 0) is 9.53 Å². The van der Waals surface area contributed by atoms with E-state index in [4.69, 9.17) is 10.00 Å². The summed E-state index contributed by atoms with van der Waals surface area (Å²) in [6.45, 7) is 5.71. The predicted molar refractivity (Wildman–Crippen MR) is 58.4 cm³/mol. The topological polar surface area (TPSA) is 53.3 Å². The Bertz CT molecular complexity index is 223. The van der Waals surface area contributed by atoms with Crippen molar-refractivity contribution in [2.75, 3.05) is 26.8 Å². The fourth-order valence-electron chi connectivity index (χ4n) is 1.50. The molecule has 0 N–H and O–H groups in total. The van der Waals surface area contributed by atoms with Crippen molar-refractivity contribution in [3.8, 4) is 6.07 Å². The van der Waals surface area contributed by atoms with Crippen LogP contribution in [0.25, 0.3) is 0 Å².